The van der Waals surface area contributed by atoms with E-state index in [1.807, 2.05) is 0 Å². The van der Waals surface area contributed by atoms with E-state index >= 15 is 0 Å². The number of anilines is 2. The number of carboxylic acids is 1. The molecule has 104 valence electrons. The molecule has 2 rings (SSSR count). The minimum absolute atomic E-state index is 0.0705. The van der Waals surface area contributed by atoms with Crippen molar-refractivity contribution >= 4 is 40.7 Å². The van der Waals surface area contributed by atoms with Crippen molar-refractivity contribution in [2.75, 3.05) is 12.4 Å². The molecule has 1 aromatic carbocycles. The van der Waals surface area contributed by atoms with Gasteiger partial charge in [-0.25, -0.2) is 9.78 Å². The van der Waals surface area contributed by atoms with E-state index in [1.54, 1.807) is 24.3 Å². The molecular formula is C13H10Cl2N2O3. The molecule has 0 bridgehead atoms. The molecule has 0 aliphatic heterocycles. The summed E-state index contributed by atoms with van der Waals surface area (Å²) in [6, 6.07) is 8.05. The van der Waals surface area contributed by atoms with Gasteiger partial charge in [0.25, 0.3) is 0 Å². The summed E-state index contributed by atoms with van der Waals surface area (Å²) in [5.41, 5.74) is 0.351. The van der Waals surface area contributed by atoms with Crippen LogP contribution in [0.25, 0.3) is 0 Å². The van der Waals surface area contributed by atoms with Crippen molar-refractivity contribution < 1.29 is 14.6 Å². The number of aromatic carboxylic acids is 1. The van der Waals surface area contributed by atoms with Crippen LogP contribution in [0, 0.1) is 0 Å². The number of carbonyl (C=O) groups is 1. The third kappa shape index (κ3) is 3.12. The second-order valence-electron chi connectivity index (χ2n) is 3.80. The highest BCUT2D eigenvalue weighted by Crippen LogP contribution is 2.30. The van der Waals surface area contributed by atoms with Gasteiger partial charge in [-0.05, 0) is 30.3 Å². The monoisotopic (exact) mass is 312 g/mol. The fourth-order valence-corrected chi connectivity index (χ4v) is 1.94. The highest BCUT2D eigenvalue weighted by atomic mass is 35.5. The Hall–Kier alpha value is -1.98. The third-order valence-corrected chi connectivity index (χ3v) is 3.01. The summed E-state index contributed by atoms with van der Waals surface area (Å²) in [5, 5.41) is 12.5. The molecule has 0 aliphatic carbocycles. The topological polar surface area (TPSA) is 71.5 Å². The minimum atomic E-state index is -1.20. The maximum absolute atomic E-state index is 11.0. The van der Waals surface area contributed by atoms with Crippen molar-refractivity contribution in [3.63, 3.8) is 0 Å². The van der Waals surface area contributed by atoms with Crippen LogP contribution >= 0.6 is 23.2 Å². The van der Waals surface area contributed by atoms with Gasteiger partial charge in [-0.3, -0.25) is 0 Å². The molecule has 0 amide bonds. The van der Waals surface area contributed by atoms with Gasteiger partial charge in [0.1, 0.15) is 11.6 Å². The lowest BCUT2D eigenvalue weighted by Crippen LogP contribution is -2.04. The average Bonchev–Trinajstić information content (AvgIpc) is 2.41. The van der Waals surface area contributed by atoms with E-state index in [-0.39, 0.29) is 10.7 Å². The standard InChI is InChI=1S/C13H10Cl2N2O3/c1-20-10-4-2-7(14)6-9(10)16-11-5-3-8(15)12(17-11)13(18)19/h2-6H,1H3,(H,16,17)(H,18,19). The highest BCUT2D eigenvalue weighted by Gasteiger charge is 2.12. The van der Waals surface area contributed by atoms with Crippen molar-refractivity contribution in [2.24, 2.45) is 0 Å². The van der Waals surface area contributed by atoms with Gasteiger partial charge >= 0.3 is 5.97 Å². The van der Waals surface area contributed by atoms with Gasteiger partial charge in [0.05, 0.1) is 17.8 Å². The summed E-state index contributed by atoms with van der Waals surface area (Å²) < 4.78 is 5.18. The van der Waals surface area contributed by atoms with Crippen molar-refractivity contribution in [1.29, 1.82) is 0 Å². The first kappa shape index (κ1) is 14.4. The van der Waals surface area contributed by atoms with Crippen LogP contribution in [0.1, 0.15) is 10.5 Å². The molecule has 20 heavy (non-hydrogen) atoms. The summed E-state index contributed by atoms with van der Waals surface area (Å²) in [4.78, 5) is 14.9. The van der Waals surface area contributed by atoms with Crippen LogP contribution in [-0.2, 0) is 0 Å². The molecule has 0 radical (unpaired) electrons. The Morgan fingerprint density at radius 1 is 1.30 bits per heavy atom. The zero-order valence-electron chi connectivity index (χ0n) is 10.4. The van der Waals surface area contributed by atoms with Crippen molar-refractivity contribution in [1.82, 2.24) is 4.98 Å². The molecule has 1 heterocycles. The van der Waals surface area contributed by atoms with Gasteiger partial charge in [-0.1, -0.05) is 23.2 Å². The highest BCUT2D eigenvalue weighted by molar-refractivity contribution is 6.33. The van der Waals surface area contributed by atoms with E-state index in [9.17, 15) is 4.79 Å². The van der Waals surface area contributed by atoms with Crippen LogP contribution in [0.3, 0.4) is 0 Å². The second kappa shape index (κ2) is 5.98. The Bertz CT molecular complexity index is 662. The lowest BCUT2D eigenvalue weighted by Gasteiger charge is -2.11. The zero-order valence-corrected chi connectivity index (χ0v) is 11.9. The smallest absolute Gasteiger partial charge is 0.356 e. The molecule has 0 aliphatic rings. The quantitative estimate of drug-likeness (QED) is 0.897. The molecule has 2 aromatic rings. The van der Waals surface area contributed by atoms with E-state index in [4.69, 9.17) is 33.0 Å². The molecule has 7 heteroatoms. The van der Waals surface area contributed by atoms with Gasteiger partial charge in [-0.15, -0.1) is 0 Å². The number of halogens is 2. The summed E-state index contributed by atoms with van der Waals surface area (Å²) in [6.45, 7) is 0. The largest absolute Gasteiger partial charge is 0.495 e. The maximum Gasteiger partial charge on any atom is 0.356 e. The van der Waals surface area contributed by atoms with E-state index in [1.165, 1.54) is 13.2 Å². The molecular weight excluding hydrogens is 303 g/mol. The zero-order chi connectivity index (χ0) is 14.7. The first-order chi connectivity index (χ1) is 9.51. The molecule has 0 spiro atoms. The van der Waals surface area contributed by atoms with E-state index in [0.717, 1.165) is 0 Å². The lowest BCUT2D eigenvalue weighted by atomic mass is 10.3. The molecule has 0 unspecified atom stereocenters. The molecule has 0 fully saturated rings. The molecule has 1 aromatic heterocycles. The predicted molar refractivity (Wildman–Crippen MR) is 77.5 cm³/mol. The van der Waals surface area contributed by atoms with Gasteiger partial charge in [0.2, 0.25) is 0 Å². The third-order valence-electron chi connectivity index (χ3n) is 2.47. The molecule has 0 saturated heterocycles. The Balaban J connectivity index is 2.37. The second-order valence-corrected chi connectivity index (χ2v) is 4.65. The summed E-state index contributed by atoms with van der Waals surface area (Å²) >= 11 is 11.7. The number of aromatic nitrogens is 1. The van der Waals surface area contributed by atoms with Crippen molar-refractivity contribution in [3.05, 3.63) is 46.1 Å². The summed E-state index contributed by atoms with van der Waals surface area (Å²) in [6.07, 6.45) is 0. The molecule has 0 atom stereocenters. The number of methoxy groups -OCH3 is 1. The van der Waals surface area contributed by atoms with Crippen LogP contribution < -0.4 is 10.1 Å². The SMILES string of the molecule is COc1ccc(Cl)cc1Nc1ccc(Cl)c(C(=O)O)n1. The number of hydrogen-bond acceptors (Lipinski definition) is 4. The number of rotatable bonds is 4. The Morgan fingerprint density at radius 2 is 2.05 bits per heavy atom. The first-order valence-electron chi connectivity index (χ1n) is 5.51. The van der Waals surface area contributed by atoms with Gasteiger partial charge < -0.3 is 15.2 Å². The van der Waals surface area contributed by atoms with Crippen molar-refractivity contribution in [3.8, 4) is 5.75 Å². The number of hydrogen-bond donors (Lipinski definition) is 2. The Kier molecular flexibility index (Phi) is 4.32. The van der Waals surface area contributed by atoms with Gasteiger partial charge in [0, 0.05) is 5.02 Å². The van der Waals surface area contributed by atoms with Crippen LogP contribution in [0.4, 0.5) is 11.5 Å². The fraction of sp³-hybridized carbons (Fsp3) is 0.0769. The van der Waals surface area contributed by atoms with E-state index in [0.29, 0.717) is 22.3 Å². The molecule has 0 saturated carbocycles. The normalized spacial score (nSPS) is 10.2. The Labute approximate surface area is 125 Å². The summed E-state index contributed by atoms with van der Waals surface area (Å²) in [5.74, 6) is -0.313. The number of carboxylic acid groups (broad SMARTS) is 1. The fourth-order valence-electron chi connectivity index (χ4n) is 1.58. The van der Waals surface area contributed by atoms with Crippen LogP contribution in [0.5, 0.6) is 5.75 Å². The van der Waals surface area contributed by atoms with Crippen LogP contribution in [-0.4, -0.2) is 23.2 Å². The van der Waals surface area contributed by atoms with Gasteiger partial charge in [0.15, 0.2) is 5.69 Å². The number of ether oxygens (including phenoxy) is 1. The minimum Gasteiger partial charge on any atom is -0.495 e. The van der Waals surface area contributed by atoms with Crippen LogP contribution in [0.2, 0.25) is 10.0 Å². The lowest BCUT2D eigenvalue weighted by molar-refractivity contribution is 0.0691. The number of pyridine rings is 1. The number of benzene rings is 1. The van der Waals surface area contributed by atoms with E-state index in [2.05, 4.69) is 10.3 Å². The first-order valence-corrected chi connectivity index (χ1v) is 6.27. The number of nitrogens with zero attached hydrogens (tertiary/aromatic N) is 1. The Morgan fingerprint density at radius 3 is 2.70 bits per heavy atom. The average molecular weight is 313 g/mol. The number of nitrogens with one attached hydrogen (secondary N) is 1. The summed E-state index contributed by atoms with van der Waals surface area (Å²) in [7, 11) is 1.52. The van der Waals surface area contributed by atoms with Crippen LogP contribution in [0.15, 0.2) is 30.3 Å². The maximum atomic E-state index is 11.0. The van der Waals surface area contributed by atoms with Crippen molar-refractivity contribution in [2.45, 2.75) is 0 Å². The van der Waals surface area contributed by atoms with E-state index < -0.39 is 5.97 Å². The molecule has 5 nitrogen and oxygen atoms in total. The molecule has 2 N–H and O–H groups in total. The van der Waals surface area contributed by atoms with Gasteiger partial charge in [-0.2, -0.15) is 0 Å². The predicted octanol–water partition coefficient (Wildman–Crippen LogP) is 3.84.